The first kappa shape index (κ1) is 21.2. The summed E-state index contributed by atoms with van der Waals surface area (Å²) in [7, 11) is 1.50. The van der Waals surface area contributed by atoms with Crippen LogP contribution in [0.4, 0.5) is 0 Å². The molecule has 0 spiro atoms. The summed E-state index contributed by atoms with van der Waals surface area (Å²) >= 11 is 1.85. The molecule has 0 radical (unpaired) electrons. The number of hydrogen-bond acceptors (Lipinski definition) is 4. The van der Waals surface area contributed by atoms with E-state index in [2.05, 4.69) is 50.0 Å². The Bertz CT molecular complexity index is 1330. The second-order valence-corrected chi connectivity index (χ2v) is 10.00. The van der Waals surface area contributed by atoms with Crippen molar-refractivity contribution in [1.82, 2.24) is 9.97 Å². The van der Waals surface area contributed by atoms with Crippen LogP contribution in [-0.4, -0.2) is 23.0 Å². The number of carbonyl (C=O) groups is 1. The fraction of sp³-hybridized carbons (Fsp3) is 0.407. The number of esters is 1. The van der Waals surface area contributed by atoms with Gasteiger partial charge in [0.1, 0.15) is 4.83 Å². The SMILES string of the molecule is CCCC(C(=O)OC)c1c(C)nc2sc3c(c2c1-c1c(C)[nH]c2ccccc12)CCCC3. The molecule has 5 heteroatoms. The second-order valence-electron chi connectivity index (χ2n) is 8.91. The third kappa shape index (κ3) is 3.25. The van der Waals surface area contributed by atoms with Crippen LogP contribution in [0.15, 0.2) is 24.3 Å². The quantitative estimate of drug-likeness (QED) is 0.336. The number of para-hydroxylation sites is 1. The highest BCUT2D eigenvalue weighted by molar-refractivity contribution is 7.19. The molecule has 166 valence electrons. The molecule has 3 aromatic heterocycles. The molecule has 4 aromatic rings. The van der Waals surface area contributed by atoms with Crippen molar-refractivity contribution < 1.29 is 9.53 Å². The Balaban J connectivity index is 1.95. The van der Waals surface area contributed by atoms with E-state index in [0.717, 1.165) is 53.0 Å². The standard InChI is InChI=1S/C27H30N2O2S/c1-5-10-19(27(30)31-4)23-16(3)29-26-24(18-12-7-9-14-21(18)32-26)25(23)22-15(2)28-20-13-8-6-11-17(20)22/h6,8,11,13,19,28H,5,7,9-10,12,14H2,1-4H3. The van der Waals surface area contributed by atoms with Crippen LogP contribution >= 0.6 is 11.3 Å². The van der Waals surface area contributed by atoms with Gasteiger partial charge in [-0.3, -0.25) is 4.79 Å². The van der Waals surface area contributed by atoms with E-state index in [0.29, 0.717) is 0 Å². The fourth-order valence-corrected chi connectivity index (χ4v) is 6.83. The highest BCUT2D eigenvalue weighted by atomic mass is 32.1. The molecule has 0 saturated carbocycles. The minimum atomic E-state index is -0.316. The van der Waals surface area contributed by atoms with E-state index in [9.17, 15) is 4.79 Å². The Morgan fingerprint density at radius 1 is 1.19 bits per heavy atom. The lowest BCUT2D eigenvalue weighted by atomic mass is 9.82. The monoisotopic (exact) mass is 446 g/mol. The number of thiophene rings is 1. The highest BCUT2D eigenvalue weighted by Crippen LogP contribution is 2.48. The number of carbonyl (C=O) groups excluding carboxylic acids is 1. The number of nitrogens with one attached hydrogen (secondary N) is 1. The minimum absolute atomic E-state index is 0.168. The van der Waals surface area contributed by atoms with Crippen LogP contribution in [0.25, 0.3) is 32.2 Å². The lowest BCUT2D eigenvalue weighted by molar-refractivity contribution is -0.142. The minimum Gasteiger partial charge on any atom is -0.469 e. The average molecular weight is 447 g/mol. The molecule has 3 heterocycles. The van der Waals surface area contributed by atoms with E-state index in [-0.39, 0.29) is 11.9 Å². The smallest absolute Gasteiger partial charge is 0.313 e. The number of methoxy groups -OCH3 is 1. The number of ether oxygens (including phenoxy) is 1. The number of aromatic amines is 1. The van der Waals surface area contributed by atoms with Crippen LogP contribution in [0.1, 0.15) is 65.9 Å². The summed E-state index contributed by atoms with van der Waals surface area (Å²) in [6.07, 6.45) is 6.33. The Morgan fingerprint density at radius 2 is 1.97 bits per heavy atom. The summed E-state index contributed by atoms with van der Waals surface area (Å²) in [5.74, 6) is -0.483. The molecule has 4 nitrogen and oxygen atoms in total. The van der Waals surface area contributed by atoms with Crippen molar-refractivity contribution in [3.8, 4) is 11.1 Å². The van der Waals surface area contributed by atoms with Gasteiger partial charge >= 0.3 is 5.97 Å². The Labute approximate surface area is 193 Å². The molecule has 1 aliphatic carbocycles. The largest absolute Gasteiger partial charge is 0.469 e. The lowest BCUT2D eigenvalue weighted by Crippen LogP contribution is -2.17. The molecule has 0 saturated heterocycles. The molecule has 0 fully saturated rings. The number of rotatable bonds is 5. The van der Waals surface area contributed by atoms with E-state index >= 15 is 0 Å². The van der Waals surface area contributed by atoms with Crippen molar-refractivity contribution in [3.63, 3.8) is 0 Å². The summed E-state index contributed by atoms with van der Waals surface area (Å²) in [4.78, 5) is 24.3. The maximum absolute atomic E-state index is 13.0. The molecule has 1 unspecified atom stereocenters. The Hall–Kier alpha value is -2.66. The third-order valence-corrected chi connectivity index (χ3v) is 8.07. The van der Waals surface area contributed by atoms with Gasteiger partial charge in [0.2, 0.25) is 0 Å². The van der Waals surface area contributed by atoms with Crippen LogP contribution in [-0.2, 0) is 22.4 Å². The van der Waals surface area contributed by atoms with Crippen molar-refractivity contribution in [2.45, 2.75) is 65.2 Å². The Morgan fingerprint density at radius 3 is 2.75 bits per heavy atom. The van der Waals surface area contributed by atoms with Gasteiger partial charge in [-0.1, -0.05) is 31.5 Å². The molecule has 1 atom stereocenters. The third-order valence-electron chi connectivity index (χ3n) is 6.89. The number of aryl methyl sites for hydroxylation is 4. The van der Waals surface area contributed by atoms with Crippen LogP contribution < -0.4 is 0 Å². The predicted octanol–water partition coefficient (Wildman–Crippen LogP) is 7.00. The predicted molar refractivity (Wildman–Crippen MR) is 133 cm³/mol. The number of aromatic nitrogens is 2. The summed E-state index contributed by atoms with van der Waals surface area (Å²) in [5.41, 5.74) is 8.11. The first-order valence-corrected chi connectivity index (χ1v) is 12.5. The van der Waals surface area contributed by atoms with Gasteiger partial charge in [-0.2, -0.15) is 0 Å². The van der Waals surface area contributed by atoms with E-state index < -0.39 is 0 Å². The van der Waals surface area contributed by atoms with E-state index in [4.69, 9.17) is 9.72 Å². The normalized spacial score (nSPS) is 14.6. The number of benzene rings is 1. The molecular formula is C27H30N2O2S. The van der Waals surface area contributed by atoms with Gasteiger partial charge in [-0.15, -0.1) is 11.3 Å². The number of pyridine rings is 1. The van der Waals surface area contributed by atoms with Crippen molar-refractivity contribution >= 4 is 38.4 Å². The lowest BCUT2D eigenvalue weighted by Gasteiger charge is -2.22. The molecule has 0 bridgehead atoms. The van der Waals surface area contributed by atoms with Crippen LogP contribution in [0.3, 0.4) is 0 Å². The summed E-state index contributed by atoms with van der Waals surface area (Å²) < 4.78 is 5.30. The van der Waals surface area contributed by atoms with E-state index in [1.165, 1.54) is 52.3 Å². The Kier molecular flexibility index (Phi) is 5.54. The molecule has 5 rings (SSSR count). The number of hydrogen-bond donors (Lipinski definition) is 1. The van der Waals surface area contributed by atoms with E-state index in [1.807, 2.05) is 11.3 Å². The molecule has 0 aliphatic heterocycles. The van der Waals surface area contributed by atoms with Gasteiger partial charge in [0, 0.05) is 43.7 Å². The van der Waals surface area contributed by atoms with Crippen LogP contribution in [0.2, 0.25) is 0 Å². The first-order chi connectivity index (χ1) is 15.5. The van der Waals surface area contributed by atoms with Crippen molar-refractivity contribution in [2.75, 3.05) is 7.11 Å². The van der Waals surface area contributed by atoms with Gasteiger partial charge in [0.25, 0.3) is 0 Å². The van der Waals surface area contributed by atoms with Gasteiger partial charge in [0.05, 0.1) is 13.0 Å². The topological polar surface area (TPSA) is 55.0 Å². The number of H-pyrrole nitrogens is 1. The van der Waals surface area contributed by atoms with Crippen molar-refractivity contribution in [3.05, 3.63) is 51.7 Å². The highest BCUT2D eigenvalue weighted by Gasteiger charge is 2.32. The zero-order valence-electron chi connectivity index (χ0n) is 19.3. The number of fused-ring (bicyclic) bond motifs is 4. The maximum Gasteiger partial charge on any atom is 0.313 e. The van der Waals surface area contributed by atoms with Crippen LogP contribution in [0.5, 0.6) is 0 Å². The first-order valence-electron chi connectivity index (χ1n) is 11.6. The average Bonchev–Trinajstić information content (AvgIpc) is 3.32. The summed E-state index contributed by atoms with van der Waals surface area (Å²) in [6.45, 7) is 6.33. The molecule has 1 aromatic carbocycles. The molecule has 0 amide bonds. The van der Waals surface area contributed by atoms with Crippen LogP contribution in [0, 0.1) is 13.8 Å². The fourth-order valence-electron chi connectivity index (χ4n) is 5.51. The van der Waals surface area contributed by atoms with Gasteiger partial charge in [-0.25, -0.2) is 4.98 Å². The van der Waals surface area contributed by atoms with E-state index in [1.54, 1.807) is 0 Å². The number of nitrogens with zero attached hydrogens (tertiary/aromatic N) is 1. The van der Waals surface area contributed by atoms with Gasteiger partial charge < -0.3 is 9.72 Å². The van der Waals surface area contributed by atoms with Gasteiger partial charge in [0.15, 0.2) is 0 Å². The maximum atomic E-state index is 13.0. The van der Waals surface area contributed by atoms with Crippen molar-refractivity contribution in [2.24, 2.45) is 0 Å². The van der Waals surface area contributed by atoms with Crippen molar-refractivity contribution in [1.29, 1.82) is 0 Å². The zero-order chi connectivity index (χ0) is 22.4. The summed E-state index contributed by atoms with van der Waals surface area (Å²) in [5, 5.41) is 2.47. The molecule has 32 heavy (non-hydrogen) atoms. The zero-order valence-corrected chi connectivity index (χ0v) is 20.1. The summed E-state index contributed by atoms with van der Waals surface area (Å²) in [6, 6.07) is 8.48. The molecular weight excluding hydrogens is 416 g/mol. The second kappa shape index (κ2) is 8.36. The molecule has 1 N–H and O–H groups in total. The molecule has 1 aliphatic rings. The van der Waals surface area contributed by atoms with Gasteiger partial charge in [-0.05, 0) is 63.1 Å².